The standard InChI is InChI=1S/C44H47N3O7/c1-29-41(27-47-22-21-34-23-39(50-2)40(51-3)24-35(34)26-47)53-43(54-42(29)32-13-11-31(28-48)12-14-32)33-15-9-30(10-16-33)25-45-44(49)46-36-17-19-38(20-18-36)52-37-7-5-4-6-8-37/h4-20,23-24,29,41-43,48H,21-22,25-28H2,1-3H3,(H2,45,46,49). The van der Waals surface area contributed by atoms with Crippen LogP contribution in [0.25, 0.3) is 0 Å². The molecule has 280 valence electrons. The van der Waals surface area contributed by atoms with Gasteiger partial charge in [0.25, 0.3) is 0 Å². The van der Waals surface area contributed by atoms with Gasteiger partial charge >= 0.3 is 6.03 Å². The second-order valence-corrected chi connectivity index (χ2v) is 13.8. The Hall–Kier alpha value is -5.39. The Balaban J connectivity index is 0.995. The number of rotatable bonds is 12. The van der Waals surface area contributed by atoms with Crippen molar-refractivity contribution < 1.29 is 33.6 Å². The fourth-order valence-electron chi connectivity index (χ4n) is 7.06. The molecule has 1 saturated heterocycles. The number of nitrogens with one attached hydrogen (secondary N) is 2. The third-order valence-electron chi connectivity index (χ3n) is 10.2. The maximum Gasteiger partial charge on any atom is 0.319 e. The number of carbonyl (C=O) groups excluding carboxylic acids is 1. The van der Waals surface area contributed by atoms with Crippen molar-refractivity contribution in [2.75, 3.05) is 32.6 Å². The molecule has 2 heterocycles. The summed E-state index contributed by atoms with van der Waals surface area (Å²) >= 11 is 0. The zero-order valence-electron chi connectivity index (χ0n) is 30.9. The van der Waals surface area contributed by atoms with Gasteiger partial charge in [-0.05, 0) is 82.8 Å². The van der Waals surface area contributed by atoms with Crippen molar-refractivity contribution in [3.63, 3.8) is 0 Å². The van der Waals surface area contributed by atoms with Gasteiger partial charge in [0, 0.05) is 43.3 Å². The van der Waals surface area contributed by atoms with Crippen molar-refractivity contribution in [2.24, 2.45) is 5.92 Å². The summed E-state index contributed by atoms with van der Waals surface area (Å²) in [5, 5.41) is 15.5. The van der Waals surface area contributed by atoms with Gasteiger partial charge in [-0.3, -0.25) is 4.90 Å². The van der Waals surface area contributed by atoms with Crippen molar-refractivity contribution in [1.29, 1.82) is 0 Å². The highest BCUT2D eigenvalue weighted by Crippen LogP contribution is 2.42. The first-order valence-corrected chi connectivity index (χ1v) is 18.3. The molecule has 10 heteroatoms. The number of carbonyl (C=O) groups is 1. The monoisotopic (exact) mass is 729 g/mol. The number of aliphatic hydroxyl groups excluding tert-OH is 1. The molecule has 5 aromatic rings. The highest BCUT2D eigenvalue weighted by molar-refractivity contribution is 5.89. The summed E-state index contributed by atoms with van der Waals surface area (Å²) in [6, 6.07) is 36.6. The van der Waals surface area contributed by atoms with Gasteiger partial charge in [0.05, 0.1) is 33.0 Å². The number of nitrogens with zero attached hydrogens (tertiary/aromatic N) is 1. The van der Waals surface area contributed by atoms with E-state index in [9.17, 15) is 9.90 Å². The zero-order chi connectivity index (χ0) is 37.4. The number of amides is 2. The molecule has 0 bridgehead atoms. The van der Waals surface area contributed by atoms with Gasteiger partial charge in [-0.15, -0.1) is 0 Å². The summed E-state index contributed by atoms with van der Waals surface area (Å²) in [6.07, 6.45) is -0.00932. The molecule has 0 spiro atoms. The molecular formula is C44H47N3O7. The van der Waals surface area contributed by atoms with Gasteiger partial charge in [0.1, 0.15) is 11.5 Å². The number of benzene rings is 5. The largest absolute Gasteiger partial charge is 0.493 e. The predicted molar refractivity (Wildman–Crippen MR) is 207 cm³/mol. The molecule has 4 atom stereocenters. The average Bonchev–Trinajstić information content (AvgIpc) is 3.21. The molecule has 2 aliphatic rings. The number of fused-ring (bicyclic) bond motifs is 1. The quantitative estimate of drug-likeness (QED) is 0.118. The maximum absolute atomic E-state index is 12.7. The molecule has 4 unspecified atom stereocenters. The number of anilines is 1. The topological polar surface area (TPSA) is 111 Å². The Morgan fingerprint density at radius 3 is 2.13 bits per heavy atom. The van der Waals surface area contributed by atoms with Gasteiger partial charge in [0.15, 0.2) is 17.8 Å². The van der Waals surface area contributed by atoms with E-state index in [1.807, 2.05) is 91.0 Å². The van der Waals surface area contributed by atoms with E-state index in [4.69, 9.17) is 23.7 Å². The highest BCUT2D eigenvalue weighted by Gasteiger charge is 2.39. The van der Waals surface area contributed by atoms with Gasteiger partial charge in [-0.2, -0.15) is 0 Å². The molecular weight excluding hydrogens is 682 g/mol. The molecule has 0 radical (unpaired) electrons. The van der Waals surface area contributed by atoms with Gasteiger partial charge < -0.3 is 39.4 Å². The maximum atomic E-state index is 12.7. The lowest BCUT2D eigenvalue weighted by atomic mass is 9.89. The van der Waals surface area contributed by atoms with Crippen molar-refractivity contribution in [2.45, 2.75) is 51.5 Å². The second kappa shape index (κ2) is 17.2. The summed E-state index contributed by atoms with van der Waals surface area (Å²) in [6.45, 7) is 4.94. The first-order valence-electron chi connectivity index (χ1n) is 18.3. The van der Waals surface area contributed by atoms with Gasteiger partial charge in [-0.25, -0.2) is 4.79 Å². The minimum Gasteiger partial charge on any atom is -0.493 e. The van der Waals surface area contributed by atoms with Crippen LogP contribution in [0.5, 0.6) is 23.0 Å². The molecule has 7 rings (SSSR count). The van der Waals surface area contributed by atoms with Crippen LogP contribution in [0.4, 0.5) is 10.5 Å². The minimum atomic E-state index is -0.589. The van der Waals surface area contributed by atoms with Crippen LogP contribution in [0.3, 0.4) is 0 Å². The minimum absolute atomic E-state index is 0.0105. The van der Waals surface area contributed by atoms with Crippen LogP contribution in [0.2, 0.25) is 0 Å². The molecule has 3 N–H and O–H groups in total. The van der Waals surface area contributed by atoms with E-state index in [0.29, 0.717) is 18.0 Å². The summed E-state index contributed by atoms with van der Waals surface area (Å²) in [7, 11) is 3.34. The number of methoxy groups -OCH3 is 2. The van der Waals surface area contributed by atoms with Crippen molar-refractivity contribution in [3.8, 4) is 23.0 Å². The Bertz CT molecular complexity index is 1990. The Kier molecular flexibility index (Phi) is 11.7. The zero-order valence-corrected chi connectivity index (χ0v) is 30.9. The average molecular weight is 730 g/mol. The van der Waals surface area contributed by atoms with E-state index in [1.54, 1.807) is 26.4 Å². The van der Waals surface area contributed by atoms with Crippen LogP contribution < -0.4 is 24.8 Å². The van der Waals surface area contributed by atoms with Crippen LogP contribution in [0.1, 0.15) is 52.7 Å². The van der Waals surface area contributed by atoms with E-state index < -0.39 is 6.29 Å². The van der Waals surface area contributed by atoms with Crippen LogP contribution in [0, 0.1) is 5.92 Å². The molecule has 2 aliphatic heterocycles. The first kappa shape index (κ1) is 36.9. The fraction of sp³-hybridized carbons (Fsp3) is 0.295. The molecule has 0 aliphatic carbocycles. The number of para-hydroxylation sites is 1. The Labute approximate surface area is 316 Å². The van der Waals surface area contributed by atoms with E-state index >= 15 is 0 Å². The molecule has 10 nitrogen and oxygen atoms in total. The molecule has 1 fully saturated rings. The summed E-state index contributed by atoms with van der Waals surface area (Å²) in [4.78, 5) is 15.2. The van der Waals surface area contributed by atoms with Gasteiger partial charge in [-0.1, -0.05) is 73.7 Å². The number of aliphatic hydroxyl groups is 1. The smallest absolute Gasteiger partial charge is 0.319 e. The Morgan fingerprint density at radius 2 is 1.44 bits per heavy atom. The van der Waals surface area contributed by atoms with E-state index in [0.717, 1.165) is 65.6 Å². The molecule has 0 aromatic heterocycles. The van der Waals surface area contributed by atoms with Crippen LogP contribution >= 0.6 is 0 Å². The Morgan fingerprint density at radius 1 is 0.796 bits per heavy atom. The molecule has 5 aromatic carbocycles. The number of urea groups is 1. The number of hydrogen-bond acceptors (Lipinski definition) is 8. The lowest BCUT2D eigenvalue weighted by Gasteiger charge is -2.43. The molecule has 2 amide bonds. The predicted octanol–water partition coefficient (Wildman–Crippen LogP) is 8.16. The van der Waals surface area contributed by atoms with Gasteiger partial charge in [0.2, 0.25) is 0 Å². The molecule has 0 saturated carbocycles. The van der Waals surface area contributed by atoms with Crippen LogP contribution in [-0.4, -0.2) is 49.5 Å². The fourth-order valence-corrected chi connectivity index (χ4v) is 7.06. The van der Waals surface area contributed by atoms with E-state index in [1.165, 1.54) is 11.1 Å². The first-order chi connectivity index (χ1) is 26.4. The lowest BCUT2D eigenvalue weighted by molar-refractivity contribution is -0.276. The highest BCUT2D eigenvalue weighted by atomic mass is 16.7. The van der Waals surface area contributed by atoms with E-state index in [2.05, 4.69) is 34.6 Å². The van der Waals surface area contributed by atoms with Crippen LogP contribution in [-0.2, 0) is 35.6 Å². The lowest BCUT2D eigenvalue weighted by Crippen LogP contribution is -2.45. The molecule has 54 heavy (non-hydrogen) atoms. The normalized spacial score (nSPS) is 19.7. The second-order valence-electron chi connectivity index (χ2n) is 13.8. The third kappa shape index (κ3) is 8.86. The number of hydrogen-bond donors (Lipinski definition) is 3. The summed E-state index contributed by atoms with van der Waals surface area (Å²) < 4.78 is 30.4. The number of ether oxygens (including phenoxy) is 5. The summed E-state index contributed by atoms with van der Waals surface area (Å²) in [5.74, 6) is 2.98. The summed E-state index contributed by atoms with van der Waals surface area (Å²) in [5.41, 5.74) is 6.91. The third-order valence-corrected chi connectivity index (χ3v) is 10.2. The van der Waals surface area contributed by atoms with Crippen molar-refractivity contribution >= 4 is 11.7 Å². The van der Waals surface area contributed by atoms with Crippen molar-refractivity contribution in [3.05, 3.63) is 149 Å². The van der Waals surface area contributed by atoms with Crippen molar-refractivity contribution in [1.82, 2.24) is 10.2 Å². The van der Waals surface area contributed by atoms with E-state index in [-0.39, 0.29) is 30.8 Å². The van der Waals surface area contributed by atoms with Crippen LogP contribution in [0.15, 0.2) is 115 Å². The SMILES string of the molecule is COc1cc2c(cc1OC)CN(CC1OC(c3ccc(CNC(=O)Nc4ccc(Oc5ccccc5)cc4)cc3)OC(c3ccc(CO)cc3)C1C)CC2.